The van der Waals surface area contributed by atoms with Gasteiger partial charge in [-0.1, -0.05) is 19.1 Å². The van der Waals surface area contributed by atoms with Crippen LogP contribution < -0.4 is 5.32 Å². The van der Waals surface area contributed by atoms with Gasteiger partial charge in [0.05, 0.1) is 17.4 Å². The second-order valence-electron chi connectivity index (χ2n) is 7.36. The summed E-state index contributed by atoms with van der Waals surface area (Å²) in [5.74, 6) is 1.15. The largest absolute Gasteiger partial charge is 0.354 e. The fourth-order valence-corrected chi connectivity index (χ4v) is 3.56. The number of imidazole rings is 2. The summed E-state index contributed by atoms with van der Waals surface area (Å²) in [6.07, 6.45) is 8.88. The Morgan fingerprint density at radius 3 is 2.88 bits per heavy atom. The van der Waals surface area contributed by atoms with E-state index in [1.807, 2.05) is 48.1 Å². The van der Waals surface area contributed by atoms with E-state index in [0.717, 1.165) is 42.7 Å². The number of carbonyl (C=O) groups excluding carboxylic acids is 1. The molecule has 0 radical (unpaired) electrons. The molecule has 1 fully saturated rings. The molecule has 4 rings (SSSR count). The Balaban J connectivity index is 1.40. The van der Waals surface area contributed by atoms with E-state index in [9.17, 15) is 4.79 Å². The SMILES string of the molecule is CCc1nccn1CC1(CNC(=O)[C@H](C)n2cnc3ccccc32)CC1. The summed E-state index contributed by atoms with van der Waals surface area (Å²) in [4.78, 5) is 21.5. The molecule has 1 saturated carbocycles. The van der Waals surface area contributed by atoms with Crippen LogP contribution >= 0.6 is 0 Å². The highest BCUT2D eigenvalue weighted by atomic mass is 16.2. The third kappa shape index (κ3) is 3.11. The number of aryl methyl sites for hydroxylation is 1. The van der Waals surface area contributed by atoms with Gasteiger partial charge in [-0.3, -0.25) is 4.79 Å². The predicted octanol–water partition coefficient (Wildman–Crippen LogP) is 2.95. The molecule has 2 heterocycles. The van der Waals surface area contributed by atoms with E-state index >= 15 is 0 Å². The minimum Gasteiger partial charge on any atom is -0.354 e. The summed E-state index contributed by atoms with van der Waals surface area (Å²) in [5, 5.41) is 3.17. The van der Waals surface area contributed by atoms with Crippen molar-refractivity contribution in [2.24, 2.45) is 5.41 Å². The normalized spacial score (nSPS) is 16.5. The van der Waals surface area contributed by atoms with Crippen LogP contribution in [-0.2, 0) is 17.8 Å². The maximum absolute atomic E-state index is 12.7. The Morgan fingerprint density at radius 1 is 1.31 bits per heavy atom. The molecule has 1 aromatic carbocycles. The van der Waals surface area contributed by atoms with Gasteiger partial charge in [-0.25, -0.2) is 9.97 Å². The van der Waals surface area contributed by atoms with E-state index in [1.165, 1.54) is 0 Å². The average molecular weight is 351 g/mol. The molecule has 0 aliphatic heterocycles. The molecule has 1 atom stereocenters. The lowest BCUT2D eigenvalue weighted by Crippen LogP contribution is -2.36. The summed E-state index contributed by atoms with van der Waals surface area (Å²) in [6, 6.07) is 7.62. The molecular weight excluding hydrogens is 326 g/mol. The number of carbonyl (C=O) groups is 1. The van der Waals surface area contributed by atoms with Crippen LogP contribution in [-0.4, -0.2) is 31.6 Å². The summed E-state index contributed by atoms with van der Waals surface area (Å²) < 4.78 is 4.17. The second-order valence-corrected chi connectivity index (χ2v) is 7.36. The first-order valence-corrected chi connectivity index (χ1v) is 9.31. The molecular formula is C20H25N5O. The van der Waals surface area contributed by atoms with Crippen molar-refractivity contribution in [2.75, 3.05) is 6.54 Å². The molecule has 136 valence electrons. The topological polar surface area (TPSA) is 64.7 Å². The molecule has 0 spiro atoms. The van der Waals surface area contributed by atoms with Crippen molar-refractivity contribution in [3.63, 3.8) is 0 Å². The number of nitrogens with one attached hydrogen (secondary N) is 1. The van der Waals surface area contributed by atoms with Crippen LogP contribution in [0.2, 0.25) is 0 Å². The van der Waals surface area contributed by atoms with E-state index in [4.69, 9.17) is 0 Å². The first kappa shape index (κ1) is 16.8. The van der Waals surface area contributed by atoms with Crippen LogP contribution in [0.3, 0.4) is 0 Å². The maximum Gasteiger partial charge on any atom is 0.242 e. The number of aromatic nitrogens is 4. The number of amides is 1. The van der Waals surface area contributed by atoms with Gasteiger partial charge in [-0.05, 0) is 31.9 Å². The third-order valence-corrected chi connectivity index (χ3v) is 5.50. The molecule has 2 aromatic heterocycles. The number of rotatable bonds is 7. The molecule has 1 aliphatic rings. The van der Waals surface area contributed by atoms with E-state index < -0.39 is 0 Å². The van der Waals surface area contributed by atoms with Crippen LogP contribution in [0.4, 0.5) is 0 Å². The number of hydrogen-bond donors (Lipinski definition) is 1. The molecule has 0 saturated heterocycles. The van der Waals surface area contributed by atoms with E-state index in [0.29, 0.717) is 6.54 Å². The van der Waals surface area contributed by atoms with Crippen molar-refractivity contribution < 1.29 is 4.79 Å². The van der Waals surface area contributed by atoms with Crippen molar-refractivity contribution in [1.82, 2.24) is 24.4 Å². The highest BCUT2D eigenvalue weighted by Gasteiger charge is 2.43. The minimum atomic E-state index is -0.280. The van der Waals surface area contributed by atoms with Gasteiger partial charge in [-0.2, -0.15) is 0 Å². The highest BCUT2D eigenvalue weighted by Crippen LogP contribution is 2.46. The number of benzene rings is 1. The van der Waals surface area contributed by atoms with Gasteiger partial charge < -0.3 is 14.5 Å². The molecule has 3 aromatic rings. The summed E-state index contributed by atoms with van der Waals surface area (Å²) in [7, 11) is 0. The Hall–Kier alpha value is -2.63. The standard InChI is InChI=1S/C20H25N5O/c1-3-18-21-10-11-24(18)13-20(8-9-20)12-22-19(26)15(2)25-14-23-16-6-4-5-7-17(16)25/h4-7,10-11,14-15H,3,8-9,12-13H2,1-2H3,(H,22,26)/t15-/m0/s1. The molecule has 1 aliphatic carbocycles. The van der Waals surface area contributed by atoms with Crippen LogP contribution in [0.1, 0.15) is 38.6 Å². The first-order valence-electron chi connectivity index (χ1n) is 9.31. The fourth-order valence-electron chi connectivity index (χ4n) is 3.56. The number of para-hydroxylation sites is 2. The van der Waals surface area contributed by atoms with Gasteiger partial charge >= 0.3 is 0 Å². The molecule has 0 bridgehead atoms. The van der Waals surface area contributed by atoms with Crippen LogP contribution in [0, 0.1) is 5.41 Å². The summed E-state index contributed by atoms with van der Waals surface area (Å²) in [6.45, 7) is 5.69. The van der Waals surface area contributed by atoms with Gasteiger partial charge in [-0.15, -0.1) is 0 Å². The van der Waals surface area contributed by atoms with E-state index in [2.05, 4.69) is 26.8 Å². The van der Waals surface area contributed by atoms with Crippen LogP contribution in [0.5, 0.6) is 0 Å². The van der Waals surface area contributed by atoms with Gasteiger partial charge in [0.25, 0.3) is 0 Å². The number of fused-ring (bicyclic) bond motifs is 1. The molecule has 1 amide bonds. The Labute approximate surface area is 153 Å². The predicted molar refractivity (Wildman–Crippen MR) is 101 cm³/mol. The van der Waals surface area contributed by atoms with E-state index in [1.54, 1.807) is 6.33 Å². The molecule has 26 heavy (non-hydrogen) atoms. The lowest BCUT2D eigenvalue weighted by molar-refractivity contribution is -0.124. The van der Waals surface area contributed by atoms with Gasteiger partial charge in [0.2, 0.25) is 5.91 Å². The Morgan fingerprint density at radius 2 is 2.12 bits per heavy atom. The van der Waals surface area contributed by atoms with Crippen LogP contribution in [0.15, 0.2) is 43.0 Å². The third-order valence-electron chi connectivity index (χ3n) is 5.50. The zero-order valence-electron chi connectivity index (χ0n) is 15.4. The van der Waals surface area contributed by atoms with E-state index in [-0.39, 0.29) is 17.4 Å². The maximum atomic E-state index is 12.7. The molecule has 6 heteroatoms. The highest BCUT2D eigenvalue weighted by molar-refractivity contribution is 5.83. The first-order chi connectivity index (χ1) is 12.6. The van der Waals surface area contributed by atoms with Crippen molar-refractivity contribution in [3.8, 4) is 0 Å². The monoisotopic (exact) mass is 351 g/mol. The number of nitrogens with zero attached hydrogens (tertiary/aromatic N) is 4. The lowest BCUT2D eigenvalue weighted by atomic mass is 10.1. The summed E-state index contributed by atoms with van der Waals surface area (Å²) in [5.41, 5.74) is 2.08. The molecule has 6 nitrogen and oxygen atoms in total. The zero-order chi connectivity index (χ0) is 18.1. The minimum absolute atomic E-state index is 0.0424. The van der Waals surface area contributed by atoms with Crippen molar-refractivity contribution in [2.45, 2.75) is 45.7 Å². The van der Waals surface area contributed by atoms with Gasteiger partial charge in [0.1, 0.15) is 11.9 Å². The molecule has 0 unspecified atom stereocenters. The van der Waals surface area contributed by atoms with Crippen LogP contribution in [0.25, 0.3) is 11.0 Å². The fraction of sp³-hybridized carbons (Fsp3) is 0.450. The second kappa shape index (κ2) is 6.59. The zero-order valence-corrected chi connectivity index (χ0v) is 15.4. The smallest absolute Gasteiger partial charge is 0.242 e. The quantitative estimate of drug-likeness (QED) is 0.712. The lowest BCUT2D eigenvalue weighted by Gasteiger charge is -2.20. The summed E-state index contributed by atoms with van der Waals surface area (Å²) >= 11 is 0. The molecule has 1 N–H and O–H groups in total. The average Bonchev–Trinajstić information content (AvgIpc) is 3.08. The van der Waals surface area contributed by atoms with Gasteiger partial charge in [0, 0.05) is 37.3 Å². The van der Waals surface area contributed by atoms with Crippen molar-refractivity contribution >= 4 is 16.9 Å². The van der Waals surface area contributed by atoms with Crippen molar-refractivity contribution in [1.29, 1.82) is 0 Å². The Bertz CT molecular complexity index is 921. The number of hydrogen-bond acceptors (Lipinski definition) is 3. The van der Waals surface area contributed by atoms with Gasteiger partial charge in [0.15, 0.2) is 0 Å². The Kier molecular flexibility index (Phi) is 4.26. The van der Waals surface area contributed by atoms with Crippen molar-refractivity contribution in [3.05, 3.63) is 48.8 Å².